The lowest BCUT2D eigenvalue weighted by molar-refractivity contribution is -0.114. The summed E-state index contributed by atoms with van der Waals surface area (Å²) in [7, 11) is -3.48. The fraction of sp³-hybridized carbons (Fsp3) is 0.588. The second-order valence-corrected chi connectivity index (χ2v) is 8.43. The molecule has 0 spiro atoms. The molecule has 138 valence electrons. The highest BCUT2D eigenvalue weighted by molar-refractivity contribution is 7.89. The number of rotatable bonds is 4. The average molecular weight is 367 g/mol. The summed E-state index contributed by atoms with van der Waals surface area (Å²) in [6.45, 7) is 5.89. The van der Waals surface area contributed by atoms with Crippen LogP contribution in [0.2, 0.25) is 0 Å². The molecule has 2 heterocycles. The number of hydrogen-bond donors (Lipinski definition) is 1. The van der Waals surface area contributed by atoms with E-state index in [0.717, 1.165) is 39.1 Å². The number of hydrogen-bond acceptors (Lipinski definition) is 5. The van der Waals surface area contributed by atoms with Crippen LogP contribution in [0.5, 0.6) is 0 Å². The lowest BCUT2D eigenvalue weighted by Crippen LogP contribution is -2.50. The zero-order chi connectivity index (χ0) is 17.9. The van der Waals surface area contributed by atoms with Crippen molar-refractivity contribution in [2.75, 3.05) is 44.7 Å². The highest BCUT2D eigenvalue weighted by Crippen LogP contribution is 2.24. The van der Waals surface area contributed by atoms with Gasteiger partial charge in [0.05, 0.1) is 18.1 Å². The first-order valence-corrected chi connectivity index (χ1v) is 10.1. The standard InChI is InChI=1S/C17H25N3O4S/c1-14(21)18-15-2-4-17(5-3-15)25(22,23)20-8-6-16(7-9-20)19-10-12-24-13-11-19/h2-5,16H,6-13H2,1H3,(H,18,21). The van der Waals surface area contributed by atoms with E-state index in [0.29, 0.717) is 24.8 Å². The van der Waals surface area contributed by atoms with Crippen LogP contribution in [0.15, 0.2) is 29.2 Å². The van der Waals surface area contributed by atoms with Crippen LogP contribution in [0.3, 0.4) is 0 Å². The predicted molar refractivity (Wildman–Crippen MR) is 94.9 cm³/mol. The first-order chi connectivity index (χ1) is 12.0. The molecule has 7 nitrogen and oxygen atoms in total. The van der Waals surface area contributed by atoms with Gasteiger partial charge in [-0.05, 0) is 37.1 Å². The van der Waals surface area contributed by atoms with Crippen LogP contribution in [0, 0.1) is 0 Å². The lowest BCUT2D eigenvalue weighted by Gasteiger charge is -2.39. The molecule has 25 heavy (non-hydrogen) atoms. The fourth-order valence-corrected chi connectivity index (χ4v) is 4.92. The van der Waals surface area contributed by atoms with Crippen molar-refractivity contribution in [2.24, 2.45) is 0 Å². The molecule has 1 aromatic rings. The van der Waals surface area contributed by atoms with Gasteiger partial charge in [-0.2, -0.15) is 4.31 Å². The Morgan fingerprint density at radius 1 is 1.08 bits per heavy atom. The van der Waals surface area contributed by atoms with Crippen molar-refractivity contribution in [3.8, 4) is 0 Å². The first kappa shape index (κ1) is 18.3. The number of piperidine rings is 1. The van der Waals surface area contributed by atoms with Crippen LogP contribution in [0.4, 0.5) is 5.69 Å². The largest absolute Gasteiger partial charge is 0.379 e. The molecule has 3 rings (SSSR count). The van der Waals surface area contributed by atoms with E-state index in [-0.39, 0.29) is 10.8 Å². The Labute approximate surface area is 149 Å². The number of sulfonamides is 1. The normalized spacial score (nSPS) is 21.2. The molecule has 0 unspecified atom stereocenters. The van der Waals surface area contributed by atoms with E-state index in [2.05, 4.69) is 10.2 Å². The molecule has 0 bridgehead atoms. The average Bonchev–Trinajstić information content (AvgIpc) is 2.62. The quantitative estimate of drug-likeness (QED) is 0.863. The van der Waals surface area contributed by atoms with E-state index in [1.807, 2.05) is 0 Å². The van der Waals surface area contributed by atoms with Crippen LogP contribution in [0.1, 0.15) is 19.8 Å². The zero-order valence-electron chi connectivity index (χ0n) is 14.5. The number of anilines is 1. The molecule has 0 atom stereocenters. The van der Waals surface area contributed by atoms with Gasteiger partial charge in [-0.25, -0.2) is 8.42 Å². The smallest absolute Gasteiger partial charge is 0.243 e. The topological polar surface area (TPSA) is 79.0 Å². The Bertz CT molecular complexity index is 691. The van der Waals surface area contributed by atoms with Crippen molar-refractivity contribution in [3.05, 3.63) is 24.3 Å². The van der Waals surface area contributed by atoms with E-state index in [1.165, 1.54) is 6.92 Å². The van der Waals surface area contributed by atoms with Gasteiger partial charge in [-0.1, -0.05) is 0 Å². The van der Waals surface area contributed by atoms with Crippen LogP contribution >= 0.6 is 0 Å². The Hall–Kier alpha value is -1.48. The maximum Gasteiger partial charge on any atom is 0.243 e. The third-order valence-electron chi connectivity index (χ3n) is 4.80. The molecule has 8 heteroatoms. The second kappa shape index (κ2) is 7.82. The summed E-state index contributed by atoms with van der Waals surface area (Å²) in [5.74, 6) is -0.180. The Balaban J connectivity index is 1.62. The summed E-state index contributed by atoms with van der Waals surface area (Å²) in [5, 5.41) is 2.64. The lowest BCUT2D eigenvalue weighted by atomic mass is 10.0. The van der Waals surface area contributed by atoms with Crippen LogP contribution < -0.4 is 5.32 Å². The molecule has 1 amide bonds. The molecule has 0 aliphatic carbocycles. The van der Waals surface area contributed by atoms with Gasteiger partial charge in [0.1, 0.15) is 0 Å². The fourth-order valence-electron chi connectivity index (χ4n) is 3.45. The molecule has 1 aromatic carbocycles. The summed E-state index contributed by atoms with van der Waals surface area (Å²) in [4.78, 5) is 13.7. The molecule has 0 aromatic heterocycles. The van der Waals surface area contributed by atoms with E-state index in [9.17, 15) is 13.2 Å². The molecular formula is C17H25N3O4S. The highest BCUT2D eigenvalue weighted by atomic mass is 32.2. The molecule has 2 aliphatic rings. The number of nitrogens with one attached hydrogen (secondary N) is 1. The minimum absolute atomic E-state index is 0.180. The maximum absolute atomic E-state index is 12.8. The van der Waals surface area contributed by atoms with Crippen molar-refractivity contribution >= 4 is 21.6 Å². The summed E-state index contributed by atoms with van der Waals surface area (Å²) < 4.78 is 32.6. The van der Waals surface area contributed by atoms with Gasteiger partial charge in [-0.15, -0.1) is 0 Å². The Morgan fingerprint density at radius 3 is 2.24 bits per heavy atom. The third kappa shape index (κ3) is 4.38. The number of carbonyl (C=O) groups excluding carboxylic acids is 1. The first-order valence-electron chi connectivity index (χ1n) is 8.66. The van der Waals surface area contributed by atoms with Gasteiger partial charge < -0.3 is 10.1 Å². The van der Waals surface area contributed by atoms with E-state index >= 15 is 0 Å². The number of ether oxygens (including phenoxy) is 1. The molecule has 1 N–H and O–H groups in total. The van der Waals surface area contributed by atoms with E-state index < -0.39 is 10.0 Å². The summed E-state index contributed by atoms with van der Waals surface area (Å²) >= 11 is 0. The summed E-state index contributed by atoms with van der Waals surface area (Å²) in [5.41, 5.74) is 0.595. The summed E-state index contributed by atoms with van der Waals surface area (Å²) in [6, 6.07) is 6.78. The van der Waals surface area contributed by atoms with Gasteiger partial charge in [0, 0.05) is 44.8 Å². The third-order valence-corrected chi connectivity index (χ3v) is 6.71. The zero-order valence-corrected chi connectivity index (χ0v) is 15.3. The highest BCUT2D eigenvalue weighted by Gasteiger charge is 2.32. The predicted octanol–water partition coefficient (Wildman–Crippen LogP) is 1.13. The van der Waals surface area contributed by atoms with E-state index in [1.54, 1.807) is 28.6 Å². The summed E-state index contributed by atoms with van der Waals surface area (Å²) in [6.07, 6.45) is 1.70. The number of benzene rings is 1. The van der Waals surface area contributed by atoms with Gasteiger partial charge in [0.15, 0.2) is 0 Å². The van der Waals surface area contributed by atoms with E-state index in [4.69, 9.17) is 4.74 Å². The van der Waals surface area contributed by atoms with Gasteiger partial charge >= 0.3 is 0 Å². The molecule has 2 fully saturated rings. The molecule has 0 saturated carbocycles. The maximum atomic E-state index is 12.8. The van der Waals surface area contributed by atoms with Crippen LogP contribution in [-0.2, 0) is 19.6 Å². The van der Waals surface area contributed by atoms with Gasteiger partial charge in [-0.3, -0.25) is 9.69 Å². The Morgan fingerprint density at radius 2 is 1.68 bits per heavy atom. The number of carbonyl (C=O) groups is 1. The number of amides is 1. The van der Waals surface area contributed by atoms with Gasteiger partial charge in [0.2, 0.25) is 15.9 Å². The van der Waals surface area contributed by atoms with Gasteiger partial charge in [0.25, 0.3) is 0 Å². The second-order valence-electron chi connectivity index (χ2n) is 6.49. The molecular weight excluding hydrogens is 342 g/mol. The minimum atomic E-state index is -3.48. The molecule has 0 radical (unpaired) electrons. The monoisotopic (exact) mass is 367 g/mol. The van der Waals surface area contributed by atoms with Crippen molar-refractivity contribution in [1.29, 1.82) is 0 Å². The Kier molecular flexibility index (Phi) is 5.73. The SMILES string of the molecule is CC(=O)Nc1ccc(S(=O)(=O)N2CCC(N3CCOCC3)CC2)cc1. The van der Waals surface area contributed by atoms with Crippen molar-refractivity contribution < 1.29 is 17.9 Å². The van der Waals surface area contributed by atoms with Crippen molar-refractivity contribution in [1.82, 2.24) is 9.21 Å². The van der Waals surface area contributed by atoms with Crippen LogP contribution in [-0.4, -0.2) is 69.0 Å². The number of morpholine rings is 1. The van der Waals surface area contributed by atoms with Crippen molar-refractivity contribution in [3.63, 3.8) is 0 Å². The van der Waals surface area contributed by atoms with Crippen LogP contribution in [0.25, 0.3) is 0 Å². The number of nitrogens with zero attached hydrogens (tertiary/aromatic N) is 2. The molecule has 2 aliphatic heterocycles. The molecule has 2 saturated heterocycles. The van der Waals surface area contributed by atoms with Crippen molar-refractivity contribution in [2.45, 2.75) is 30.7 Å². The minimum Gasteiger partial charge on any atom is -0.379 e.